The van der Waals surface area contributed by atoms with E-state index in [9.17, 15) is 0 Å². The summed E-state index contributed by atoms with van der Waals surface area (Å²) in [5, 5.41) is 0.804. The number of hydrogen-bond acceptors (Lipinski definition) is 3. The molecule has 0 aliphatic rings. The normalized spacial score (nSPS) is 10.7. The summed E-state index contributed by atoms with van der Waals surface area (Å²) in [5.74, 6) is 0. The molecule has 2 aromatic rings. The molecule has 0 amide bonds. The number of hydrogen-bond donors (Lipinski definition) is 1. The van der Waals surface area contributed by atoms with Gasteiger partial charge in [0.05, 0.1) is 17.4 Å². The van der Waals surface area contributed by atoms with Gasteiger partial charge in [-0.05, 0) is 22.6 Å². The first-order valence-electron chi connectivity index (χ1n) is 2.95. The largest absolute Gasteiger partial charge is 0.291 e. The van der Waals surface area contributed by atoms with Gasteiger partial charge in [0.25, 0.3) is 0 Å². The highest BCUT2D eigenvalue weighted by molar-refractivity contribution is 14.1. The average Bonchev–Trinajstić information content (AvgIpc) is 2.31. The smallest absolute Gasteiger partial charge is 0.157 e. The van der Waals surface area contributed by atoms with E-state index in [2.05, 4.69) is 45.2 Å². The Balaban J connectivity index is 2.90. The molecule has 0 spiro atoms. The second-order valence-electron chi connectivity index (χ2n) is 2.06. The van der Waals surface area contributed by atoms with Gasteiger partial charge < -0.3 is 0 Å². The van der Waals surface area contributed by atoms with Crippen LogP contribution in [0.15, 0.2) is 23.6 Å². The van der Waals surface area contributed by atoms with Gasteiger partial charge in [-0.3, -0.25) is 9.38 Å². The molecule has 56 valence electrons. The highest BCUT2D eigenvalue weighted by atomic mass is 127. The molecule has 0 aromatic carbocycles. The van der Waals surface area contributed by atoms with E-state index < -0.39 is 0 Å². The molecule has 0 saturated heterocycles. The van der Waals surface area contributed by atoms with Crippen molar-refractivity contribution in [3.63, 3.8) is 0 Å². The van der Waals surface area contributed by atoms with E-state index >= 15 is 0 Å². The van der Waals surface area contributed by atoms with Crippen molar-refractivity contribution < 1.29 is 0 Å². The first-order valence-corrected chi connectivity index (χ1v) is 4.47. The van der Waals surface area contributed by atoms with Gasteiger partial charge in [-0.1, -0.05) is 0 Å². The van der Waals surface area contributed by atoms with Gasteiger partial charge in [0.2, 0.25) is 0 Å². The lowest BCUT2D eigenvalue weighted by Gasteiger charge is -1.93. The molecule has 2 rings (SSSR count). The molecule has 0 radical (unpaired) electrons. The van der Waals surface area contributed by atoms with E-state index in [-0.39, 0.29) is 0 Å². The molecule has 0 unspecified atom stereocenters. The molecule has 3 nitrogen and oxygen atoms in total. The summed E-state index contributed by atoms with van der Waals surface area (Å²) in [4.78, 5) is 8.17. The number of nitrogens with zero attached hydrogens (tertiary/aromatic N) is 3. The Morgan fingerprint density at radius 3 is 3.00 bits per heavy atom. The predicted molar refractivity (Wildman–Crippen MR) is 53.0 cm³/mol. The fourth-order valence-electron chi connectivity index (χ4n) is 0.872. The van der Waals surface area contributed by atoms with Gasteiger partial charge in [-0.2, -0.15) is 0 Å². The molecule has 0 aliphatic carbocycles. The standard InChI is InChI=1S/C6H4IN3S/c7-4-3-10-5(9-4)1-8-2-6(10)11/h1-3,11H. The van der Waals surface area contributed by atoms with Crippen LogP contribution in [0.25, 0.3) is 5.65 Å². The van der Waals surface area contributed by atoms with Gasteiger partial charge >= 0.3 is 0 Å². The zero-order valence-electron chi connectivity index (χ0n) is 5.40. The van der Waals surface area contributed by atoms with Gasteiger partial charge in [-0.25, -0.2) is 4.98 Å². The van der Waals surface area contributed by atoms with Gasteiger partial charge in [0.1, 0.15) is 3.70 Å². The van der Waals surface area contributed by atoms with Gasteiger partial charge in [-0.15, -0.1) is 12.6 Å². The SMILES string of the molecule is Sc1cncc2nc(I)cn12. The molecule has 0 saturated carbocycles. The number of fused-ring (bicyclic) bond motifs is 1. The molecule has 5 heteroatoms. The minimum Gasteiger partial charge on any atom is -0.291 e. The molecule has 0 atom stereocenters. The van der Waals surface area contributed by atoms with Crippen LogP contribution in [0.4, 0.5) is 0 Å². The fourth-order valence-corrected chi connectivity index (χ4v) is 1.62. The maximum Gasteiger partial charge on any atom is 0.157 e. The van der Waals surface area contributed by atoms with Crippen molar-refractivity contribution in [2.75, 3.05) is 0 Å². The Bertz CT molecular complexity index is 398. The fraction of sp³-hybridized carbons (Fsp3) is 0. The van der Waals surface area contributed by atoms with E-state index in [0.29, 0.717) is 0 Å². The Hall–Kier alpha value is -0.300. The van der Waals surface area contributed by atoms with Crippen LogP contribution in [-0.2, 0) is 0 Å². The van der Waals surface area contributed by atoms with Crippen LogP contribution in [0, 0.1) is 3.70 Å². The van der Waals surface area contributed by atoms with Crippen LogP contribution in [0.2, 0.25) is 0 Å². The maximum absolute atomic E-state index is 4.22. The molecule has 0 fully saturated rings. The Morgan fingerprint density at radius 1 is 1.45 bits per heavy atom. The number of imidazole rings is 1. The third kappa shape index (κ3) is 1.22. The molecule has 2 aromatic heterocycles. The Labute approximate surface area is 82.4 Å². The second kappa shape index (κ2) is 2.63. The van der Waals surface area contributed by atoms with Crippen molar-refractivity contribution in [3.8, 4) is 0 Å². The van der Waals surface area contributed by atoms with Gasteiger partial charge in [0, 0.05) is 6.20 Å². The summed E-state index contributed by atoms with van der Waals surface area (Å²) in [6.45, 7) is 0. The molecule has 0 bridgehead atoms. The molecule has 0 aliphatic heterocycles. The van der Waals surface area contributed by atoms with Crippen molar-refractivity contribution in [1.29, 1.82) is 0 Å². The Morgan fingerprint density at radius 2 is 2.27 bits per heavy atom. The highest BCUT2D eigenvalue weighted by Gasteiger charge is 1.99. The van der Waals surface area contributed by atoms with Crippen LogP contribution < -0.4 is 0 Å². The molecule has 0 N–H and O–H groups in total. The summed E-state index contributed by atoms with van der Waals surface area (Å²) in [7, 11) is 0. The quantitative estimate of drug-likeness (QED) is 0.586. The molecular weight excluding hydrogens is 273 g/mol. The summed E-state index contributed by atoms with van der Waals surface area (Å²) in [5.41, 5.74) is 0.835. The molecular formula is C6H4IN3S. The third-order valence-corrected chi connectivity index (χ3v) is 2.18. The van der Waals surface area contributed by atoms with Crippen molar-refractivity contribution >= 4 is 40.9 Å². The van der Waals surface area contributed by atoms with E-state index in [1.807, 2.05) is 10.6 Å². The van der Waals surface area contributed by atoms with Crippen LogP contribution >= 0.6 is 35.2 Å². The van der Waals surface area contributed by atoms with E-state index in [1.54, 1.807) is 12.4 Å². The van der Waals surface area contributed by atoms with Gasteiger partial charge in [0.15, 0.2) is 5.65 Å². The predicted octanol–water partition coefficient (Wildman–Crippen LogP) is 1.62. The lowest BCUT2D eigenvalue weighted by Crippen LogP contribution is -1.86. The van der Waals surface area contributed by atoms with Crippen molar-refractivity contribution in [2.45, 2.75) is 5.03 Å². The van der Waals surface area contributed by atoms with Crippen LogP contribution in [-0.4, -0.2) is 14.4 Å². The topological polar surface area (TPSA) is 30.2 Å². The maximum atomic E-state index is 4.22. The lowest BCUT2D eigenvalue weighted by atomic mass is 10.7. The lowest BCUT2D eigenvalue weighted by molar-refractivity contribution is 0.986. The monoisotopic (exact) mass is 277 g/mol. The highest BCUT2D eigenvalue weighted by Crippen LogP contribution is 2.10. The van der Waals surface area contributed by atoms with Crippen molar-refractivity contribution in [3.05, 3.63) is 22.3 Å². The minimum atomic E-state index is 0.804. The summed E-state index contributed by atoms with van der Waals surface area (Å²) < 4.78 is 2.84. The van der Waals surface area contributed by atoms with E-state index in [4.69, 9.17) is 0 Å². The van der Waals surface area contributed by atoms with Crippen molar-refractivity contribution in [2.24, 2.45) is 0 Å². The van der Waals surface area contributed by atoms with Crippen LogP contribution in [0.3, 0.4) is 0 Å². The number of halogens is 1. The van der Waals surface area contributed by atoms with Crippen LogP contribution in [0.5, 0.6) is 0 Å². The van der Waals surface area contributed by atoms with E-state index in [1.165, 1.54) is 0 Å². The molecule has 2 heterocycles. The summed E-state index contributed by atoms with van der Waals surface area (Å²) in [6.07, 6.45) is 5.32. The summed E-state index contributed by atoms with van der Waals surface area (Å²) >= 11 is 6.38. The van der Waals surface area contributed by atoms with Crippen LogP contribution in [0.1, 0.15) is 0 Å². The zero-order chi connectivity index (χ0) is 7.84. The minimum absolute atomic E-state index is 0.804. The van der Waals surface area contributed by atoms with E-state index in [0.717, 1.165) is 14.4 Å². The number of aromatic nitrogens is 3. The number of thiol groups is 1. The average molecular weight is 277 g/mol. The van der Waals surface area contributed by atoms with Crippen molar-refractivity contribution in [1.82, 2.24) is 14.4 Å². The molecule has 11 heavy (non-hydrogen) atoms. The zero-order valence-corrected chi connectivity index (χ0v) is 8.45. The second-order valence-corrected chi connectivity index (χ2v) is 3.62. The third-order valence-electron chi connectivity index (χ3n) is 1.33. The number of rotatable bonds is 0. The first kappa shape index (κ1) is 7.35. The Kier molecular flexibility index (Phi) is 1.76. The summed E-state index contributed by atoms with van der Waals surface area (Å²) in [6, 6.07) is 0. The first-order chi connectivity index (χ1) is 5.27.